The van der Waals surface area contributed by atoms with Gasteiger partial charge in [0.2, 0.25) is 0 Å². The van der Waals surface area contributed by atoms with E-state index in [1.165, 1.54) is 0 Å². The molecule has 0 saturated carbocycles. The van der Waals surface area contributed by atoms with Gasteiger partial charge in [0.05, 0.1) is 25.4 Å². The van der Waals surface area contributed by atoms with Crippen molar-refractivity contribution in [2.75, 3.05) is 20.3 Å². The Morgan fingerprint density at radius 3 is 2.50 bits per heavy atom. The van der Waals surface area contributed by atoms with Gasteiger partial charge in [-0.2, -0.15) is 0 Å². The van der Waals surface area contributed by atoms with Crippen molar-refractivity contribution in [2.24, 2.45) is 0 Å². The topological polar surface area (TPSA) is 47.9 Å². The minimum absolute atomic E-state index is 0.0446. The molecule has 0 aliphatic carbocycles. The van der Waals surface area contributed by atoms with Gasteiger partial charge in [-0.25, -0.2) is 0 Å². The van der Waals surface area contributed by atoms with Crippen LogP contribution in [0.4, 0.5) is 0 Å². The first-order valence-corrected chi connectivity index (χ1v) is 7.07. The van der Waals surface area contributed by atoms with Gasteiger partial charge in [0, 0.05) is 25.2 Å². The summed E-state index contributed by atoms with van der Waals surface area (Å²) in [7, 11) is 1.69. The Balaban J connectivity index is 2.66. The van der Waals surface area contributed by atoms with E-state index < -0.39 is 0 Å². The standard InChI is InChI=1S/C16H26O4/c1-5-9-19-14-7-6-13(12-17)15(11-14)20-10-8-16(2,3)18-4/h6-7,11,17H,5,8-10,12H2,1-4H3. The Bertz CT molecular complexity index is 401. The zero-order valence-corrected chi connectivity index (χ0v) is 12.9. The van der Waals surface area contributed by atoms with Crippen LogP contribution in [0.5, 0.6) is 11.5 Å². The molecule has 1 aromatic carbocycles. The van der Waals surface area contributed by atoms with Crippen LogP contribution in [0.1, 0.15) is 39.2 Å². The molecule has 0 atom stereocenters. The summed E-state index contributed by atoms with van der Waals surface area (Å²) in [6.07, 6.45) is 1.73. The van der Waals surface area contributed by atoms with Crippen LogP contribution in [0.15, 0.2) is 18.2 Å². The molecule has 0 aliphatic heterocycles. The van der Waals surface area contributed by atoms with Crippen LogP contribution in [-0.4, -0.2) is 31.0 Å². The fourth-order valence-electron chi connectivity index (χ4n) is 1.62. The van der Waals surface area contributed by atoms with Gasteiger partial charge >= 0.3 is 0 Å². The van der Waals surface area contributed by atoms with Crippen LogP contribution in [0.25, 0.3) is 0 Å². The summed E-state index contributed by atoms with van der Waals surface area (Å²) in [5, 5.41) is 9.35. The first-order valence-electron chi connectivity index (χ1n) is 7.07. The number of hydrogen-bond donors (Lipinski definition) is 1. The number of rotatable bonds is 9. The first-order chi connectivity index (χ1) is 9.52. The maximum atomic E-state index is 9.35. The smallest absolute Gasteiger partial charge is 0.128 e. The van der Waals surface area contributed by atoms with Crippen LogP contribution in [0, 0.1) is 0 Å². The molecule has 4 nitrogen and oxygen atoms in total. The normalized spacial score (nSPS) is 11.4. The summed E-state index contributed by atoms with van der Waals surface area (Å²) in [6.45, 7) is 7.26. The molecule has 4 heteroatoms. The van der Waals surface area contributed by atoms with Crippen molar-refractivity contribution < 1.29 is 19.3 Å². The maximum absolute atomic E-state index is 9.35. The number of benzene rings is 1. The highest BCUT2D eigenvalue weighted by Gasteiger charge is 2.16. The van der Waals surface area contributed by atoms with Gasteiger partial charge in [-0.1, -0.05) is 6.92 Å². The zero-order valence-electron chi connectivity index (χ0n) is 12.9. The third-order valence-electron chi connectivity index (χ3n) is 3.20. The fraction of sp³-hybridized carbons (Fsp3) is 0.625. The van der Waals surface area contributed by atoms with E-state index in [4.69, 9.17) is 14.2 Å². The van der Waals surface area contributed by atoms with Gasteiger partial charge in [-0.15, -0.1) is 0 Å². The molecule has 1 aromatic rings. The van der Waals surface area contributed by atoms with Crippen molar-refractivity contribution in [1.82, 2.24) is 0 Å². The quantitative estimate of drug-likeness (QED) is 0.756. The van der Waals surface area contributed by atoms with Gasteiger partial charge in [0.25, 0.3) is 0 Å². The molecule has 0 bridgehead atoms. The molecular formula is C16H26O4. The van der Waals surface area contributed by atoms with E-state index in [2.05, 4.69) is 6.92 Å². The van der Waals surface area contributed by atoms with Crippen molar-refractivity contribution in [3.05, 3.63) is 23.8 Å². The molecule has 114 valence electrons. The fourth-order valence-corrected chi connectivity index (χ4v) is 1.62. The molecule has 0 saturated heterocycles. The Morgan fingerprint density at radius 1 is 1.15 bits per heavy atom. The summed E-state index contributed by atoms with van der Waals surface area (Å²) in [4.78, 5) is 0. The molecule has 0 unspecified atom stereocenters. The van der Waals surface area contributed by atoms with Gasteiger partial charge in [0.15, 0.2) is 0 Å². The van der Waals surface area contributed by atoms with E-state index >= 15 is 0 Å². The van der Waals surface area contributed by atoms with E-state index in [0.717, 1.165) is 24.2 Å². The van der Waals surface area contributed by atoms with Crippen LogP contribution in [-0.2, 0) is 11.3 Å². The molecular weight excluding hydrogens is 256 g/mol. The van der Waals surface area contributed by atoms with E-state index in [0.29, 0.717) is 19.0 Å². The largest absolute Gasteiger partial charge is 0.493 e. The molecule has 0 fully saturated rings. The monoisotopic (exact) mass is 282 g/mol. The molecule has 0 aromatic heterocycles. The molecule has 20 heavy (non-hydrogen) atoms. The molecule has 0 aliphatic rings. The van der Waals surface area contributed by atoms with Crippen molar-refractivity contribution in [1.29, 1.82) is 0 Å². The molecule has 0 radical (unpaired) electrons. The molecule has 1 N–H and O–H groups in total. The number of ether oxygens (including phenoxy) is 3. The van der Waals surface area contributed by atoms with Crippen molar-refractivity contribution in [3.8, 4) is 11.5 Å². The lowest BCUT2D eigenvalue weighted by atomic mass is 10.1. The second-order valence-corrected chi connectivity index (χ2v) is 5.34. The Kier molecular flexibility index (Phi) is 6.82. The summed E-state index contributed by atoms with van der Waals surface area (Å²) in [5.74, 6) is 1.44. The molecule has 0 amide bonds. The lowest BCUT2D eigenvalue weighted by Gasteiger charge is -2.23. The summed E-state index contributed by atoms with van der Waals surface area (Å²) in [5.41, 5.74) is 0.555. The number of aliphatic hydroxyl groups excluding tert-OH is 1. The third kappa shape index (κ3) is 5.39. The maximum Gasteiger partial charge on any atom is 0.128 e. The third-order valence-corrected chi connectivity index (χ3v) is 3.20. The first kappa shape index (κ1) is 16.8. The number of aliphatic hydroxyl groups is 1. The Hall–Kier alpha value is -1.26. The van der Waals surface area contributed by atoms with Crippen molar-refractivity contribution >= 4 is 0 Å². The van der Waals surface area contributed by atoms with Crippen LogP contribution in [0.2, 0.25) is 0 Å². The molecule has 0 heterocycles. The second-order valence-electron chi connectivity index (χ2n) is 5.34. The predicted molar refractivity (Wildman–Crippen MR) is 79.4 cm³/mol. The molecule has 1 rings (SSSR count). The van der Waals surface area contributed by atoms with Gasteiger partial charge in [0.1, 0.15) is 11.5 Å². The Labute approximate surface area is 121 Å². The van der Waals surface area contributed by atoms with Crippen LogP contribution < -0.4 is 9.47 Å². The van der Waals surface area contributed by atoms with Crippen molar-refractivity contribution in [3.63, 3.8) is 0 Å². The van der Waals surface area contributed by atoms with Crippen LogP contribution in [0.3, 0.4) is 0 Å². The van der Waals surface area contributed by atoms with E-state index in [1.54, 1.807) is 7.11 Å². The molecule has 0 spiro atoms. The summed E-state index contributed by atoms with van der Waals surface area (Å²) >= 11 is 0. The van der Waals surface area contributed by atoms with Gasteiger partial charge < -0.3 is 19.3 Å². The SMILES string of the molecule is CCCOc1ccc(CO)c(OCCC(C)(C)OC)c1. The van der Waals surface area contributed by atoms with E-state index in [1.807, 2.05) is 32.0 Å². The highest BCUT2D eigenvalue weighted by atomic mass is 16.5. The minimum atomic E-state index is -0.213. The van der Waals surface area contributed by atoms with Gasteiger partial charge in [-0.3, -0.25) is 0 Å². The second kappa shape index (κ2) is 8.12. The summed E-state index contributed by atoms with van der Waals surface area (Å²) < 4.78 is 16.7. The highest BCUT2D eigenvalue weighted by molar-refractivity contribution is 5.40. The predicted octanol–water partition coefficient (Wildman–Crippen LogP) is 3.16. The van der Waals surface area contributed by atoms with E-state index in [9.17, 15) is 5.11 Å². The van der Waals surface area contributed by atoms with Gasteiger partial charge in [-0.05, 0) is 32.4 Å². The van der Waals surface area contributed by atoms with Crippen molar-refractivity contribution in [2.45, 2.75) is 45.8 Å². The average Bonchev–Trinajstić information content (AvgIpc) is 2.45. The lowest BCUT2D eigenvalue weighted by Crippen LogP contribution is -2.25. The Morgan fingerprint density at radius 2 is 1.90 bits per heavy atom. The lowest BCUT2D eigenvalue weighted by molar-refractivity contribution is 0.00529. The van der Waals surface area contributed by atoms with E-state index in [-0.39, 0.29) is 12.2 Å². The number of methoxy groups -OCH3 is 1. The highest BCUT2D eigenvalue weighted by Crippen LogP contribution is 2.26. The number of hydrogen-bond acceptors (Lipinski definition) is 4. The average molecular weight is 282 g/mol. The zero-order chi connectivity index (χ0) is 15.0. The van der Waals surface area contributed by atoms with Crippen LogP contribution >= 0.6 is 0 Å². The minimum Gasteiger partial charge on any atom is -0.493 e. The summed E-state index contributed by atoms with van der Waals surface area (Å²) in [6, 6.07) is 5.52.